The van der Waals surface area contributed by atoms with E-state index < -0.39 is 0 Å². The molecule has 1 aliphatic rings. The SMILES string of the molecule is CCCC(=O)Oc1ccc(C#Cc2cc3c(cc2SCC)OC(C)(C)CC3(C)C)nn1. The Morgan fingerprint density at radius 1 is 1.16 bits per heavy atom. The summed E-state index contributed by atoms with van der Waals surface area (Å²) in [6.45, 7) is 12.8. The highest BCUT2D eigenvalue weighted by atomic mass is 32.2. The van der Waals surface area contributed by atoms with E-state index in [4.69, 9.17) is 9.47 Å². The standard InChI is InChI=1S/C25H30N2O3S/c1-7-9-23(28)29-22-13-12-18(26-27-22)11-10-17-14-19-20(15-21(17)31-8-2)30-25(5,6)16-24(19,3)4/h12-15H,7-9,16H2,1-6H3. The average molecular weight is 439 g/mol. The highest BCUT2D eigenvalue weighted by molar-refractivity contribution is 7.99. The molecule has 164 valence electrons. The first-order chi connectivity index (χ1) is 14.6. The monoisotopic (exact) mass is 438 g/mol. The van der Waals surface area contributed by atoms with Crippen LogP contribution in [0.25, 0.3) is 0 Å². The first-order valence-electron chi connectivity index (χ1n) is 10.7. The minimum Gasteiger partial charge on any atom is -0.487 e. The van der Waals surface area contributed by atoms with Gasteiger partial charge in [0.25, 0.3) is 0 Å². The van der Waals surface area contributed by atoms with Crippen molar-refractivity contribution in [3.8, 4) is 23.5 Å². The van der Waals surface area contributed by atoms with Crippen molar-refractivity contribution >= 4 is 17.7 Å². The van der Waals surface area contributed by atoms with Gasteiger partial charge in [-0.1, -0.05) is 33.6 Å². The van der Waals surface area contributed by atoms with Crippen LogP contribution in [0.15, 0.2) is 29.2 Å². The molecule has 6 heteroatoms. The Hall–Kier alpha value is -2.52. The second-order valence-electron chi connectivity index (χ2n) is 8.93. The predicted molar refractivity (Wildman–Crippen MR) is 124 cm³/mol. The third-order valence-corrected chi connectivity index (χ3v) is 5.94. The first-order valence-corrected chi connectivity index (χ1v) is 11.7. The first kappa shape index (κ1) is 23.1. The van der Waals surface area contributed by atoms with Crippen LogP contribution in [0, 0.1) is 11.8 Å². The topological polar surface area (TPSA) is 61.3 Å². The van der Waals surface area contributed by atoms with E-state index in [1.165, 1.54) is 5.56 Å². The van der Waals surface area contributed by atoms with Crippen molar-refractivity contribution in [3.63, 3.8) is 0 Å². The Bertz CT molecular complexity index is 1020. The number of hydrogen-bond acceptors (Lipinski definition) is 6. The fourth-order valence-electron chi connectivity index (χ4n) is 3.98. The average Bonchev–Trinajstić information content (AvgIpc) is 2.67. The molecule has 0 atom stereocenters. The van der Waals surface area contributed by atoms with Crippen molar-refractivity contribution in [2.24, 2.45) is 0 Å². The number of esters is 1. The molecule has 2 heterocycles. The van der Waals surface area contributed by atoms with Gasteiger partial charge in [0.2, 0.25) is 5.88 Å². The van der Waals surface area contributed by atoms with Crippen LogP contribution in [0.1, 0.15) is 77.6 Å². The summed E-state index contributed by atoms with van der Waals surface area (Å²) in [5.41, 5.74) is 2.46. The number of fused-ring (bicyclic) bond motifs is 1. The maximum absolute atomic E-state index is 11.6. The quantitative estimate of drug-likeness (QED) is 0.347. The molecule has 3 rings (SSSR count). The van der Waals surface area contributed by atoms with E-state index in [2.05, 4.69) is 68.8 Å². The number of hydrogen-bond donors (Lipinski definition) is 0. The largest absolute Gasteiger partial charge is 0.487 e. The number of carbonyl (C=O) groups is 1. The lowest BCUT2D eigenvalue weighted by molar-refractivity contribution is -0.134. The fourth-order valence-corrected chi connectivity index (χ4v) is 4.75. The van der Waals surface area contributed by atoms with Crippen molar-refractivity contribution in [1.29, 1.82) is 0 Å². The van der Waals surface area contributed by atoms with Crippen LogP contribution in [0.3, 0.4) is 0 Å². The Kier molecular flexibility index (Phi) is 6.96. The van der Waals surface area contributed by atoms with Crippen LogP contribution >= 0.6 is 11.8 Å². The van der Waals surface area contributed by atoms with Gasteiger partial charge in [-0.15, -0.1) is 22.0 Å². The molecule has 2 aromatic rings. The van der Waals surface area contributed by atoms with E-state index in [9.17, 15) is 4.79 Å². The van der Waals surface area contributed by atoms with Crippen LogP contribution in [-0.2, 0) is 10.2 Å². The zero-order valence-corrected chi connectivity index (χ0v) is 20.0. The second-order valence-corrected chi connectivity index (χ2v) is 10.2. The summed E-state index contributed by atoms with van der Waals surface area (Å²) in [6, 6.07) is 7.62. The molecule has 0 radical (unpaired) electrons. The van der Waals surface area contributed by atoms with Crippen molar-refractivity contribution in [2.75, 3.05) is 5.75 Å². The molecule has 1 aromatic carbocycles. The van der Waals surface area contributed by atoms with Gasteiger partial charge >= 0.3 is 5.97 Å². The minimum absolute atomic E-state index is 0.00720. The molecule has 1 aromatic heterocycles. The minimum atomic E-state index is -0.307. The van der Waals surface area contributed by atoms with Gasteiger partial charge in [0.1, 0.15) is 17.0 Å². The van der Waals surface area contributed by atoms with Crippen LogP contribution in [0.2, 0.25) is 0 Å². The van der Waals surface area contributed by atoms with Crippen LogP contribution < -0.4 is 9.47 Å². The number of benzene rings is 1. The van der Waals surface area contributed by atoms with Gasteiger partial charge in [-0.25, -0.2) is 0 Å². The third-order valence-electron chi connectivity index (χ3n) is 5.00. The lowest BCUT2D eigenvalue weighted by Crippen LogP contribution is -2.41. The summed E-state index contributed by atoms with van der Waals surface area (Å²) in [4.78, 5) is 12.7. The van der Waals surface area contributed by atoms with Gasteiger partial charge in [-0.3, -0.25) is 4.79 Å². The summed E-state index contributed by atoms with van der Waals surface area (Å²) in [7, 11) is 0. The second kappa shape index (κ2) is 9.32. The van der Waals surface area contributed by atoms with E-state index in [1.807, 2.05) is 6.92 Å². The molecule has 0 amide bonds. The molecule has 0 fully saturated rings. The van der Waals surface area contributed by atoms with Crippen molar-refractivity contribution in [1.82, 2.24) is 10.2 Å². The lowest BCUT2D eigenvalue weighted by atomic mass is 9.73. The number of aromatic nitrogens is 2. The lowest BCUT2D eigenvalue weighted by Gasteiger charge is -2.42. The predicted octanol–water partition coefficient (Wildman–Crippen LogP) is 5.53. The number of nitrogens with zero attached hydrogens (tertiary/aromatic N) is 2. The van der Waals surface area contributed by atoms with Crippen LogP contribution in [0.4, 0.5) is 0 Å². The molecule has 0 unspecified atom stereocenters. The van der Waals surface area contributed by atoms with Crippen LogP contribution in [0.5, 0.6) is 11.6 Å². The molecular weight excluding hydrogens is 408 g/mol. The third kappa shape index (κ3) is 5.80. The molecule has 0 N–H and O–H groups in total. The molecule has 0 aliphatic carbocycles. The van der Waals surface area contributed by atoms with E-state index in [-0.39, 0.29) is 22.9 Å². The summed E-state index contributed by atoms with van der Waals surface area (Å²) in [6.07, 6.45) is 2.02. The molecule has 0 bridgehead atoms. The van der Waals surface area contributed by atoms with Gasteiger partial charge in [-0.05, 0) is 62.0 Å². The van der Waals surface area contributed by atoms with E-state index in [1.54, 1.807) is 23.9 Å². The summed E-state index contributed by atoms with van der Waals surface area (Å²) in [5.74, 6) is 8.14. The Balaban J connectivity index is 1.90. The molecule has 5 nitrogen and oxygen atoms in total. The summed E-state index contributed by atoms with van der Waals surface area (Å²) in [5, 5.41) is 8.05. The highest BCUT2D eigenvalue weighted by Gasteiger charge is 2.39. The maximum Gasteiger partial charge on any atom is 0.312 e. The Morgan fingerprint density at radius 2 is 1.94 bits per heavy atom. The van der Waals surface area contributed by atoms with Gasteiger partial charge < -0.3 is 9.47 Å². The molecule has 0 spiro atoms. The summed E-state index contributed by atoms with van der Waals surface area (Å²) < 4.78 is 11.4. The van der Waals surface area contributed by atoms with E-state index >= 15 is 0 Å². The Morgan fingerprint density at radius 3 is 2.58 bits per heavy atom. The zero-order valence-electron chi connectivity index (χ0n) is 19.2. The van der Waals surface area contributed by atoms with Crippen molar-refractivity contribution < 1.29 is 14.3 Å². The molecular formula is C25H30N2O3S. The van der Waals surface area contributed by atoms with Crippen molar-refractivity contribution in [2.45, 2.75) is 76.7 Å². The normalized spacial score (nSPS) is 15.8. The van der Waals surface area contributed by atoms with E-state index in [0.717, 1.165) is 34.8 Å². The number of ether oxygens (including phenoxy) is 2. The molecule has 1 aliphatic heterocycles. The Labute approximate surface area is 189 Å². The van der Waals surface area contributed by atoms with Gasteiger partial charge in [-0.2, -0.15) is 0 Å². The smallest absolute Gasteiger partial charge is 0.312 e. The highest BCUT2D eigenvalue weighted by Crippen LogP contribution is 2.46. The number of thioether (sulfide) groups is 1. The summed E-state index contributed by atoms with van der Waals surface area (Å²) >= 11 is 1.75. The van der Waals surface area contributed by atoms with Gasteiger partial charge in [0.15, 0.2) is 0 Å². The maximum atomic E-state index is 11.6. The molecule has 0 saturated carbocycles. The molecule has 31 heavy (non-hydrogen) atoms. The molecule has 0 saturated heterocycles. The van der Waals surface area contributed by atoms with Crippen molar-refractivity contribution in [3.05, 3.63) is 41.1 Å². The van der Waals surface area contributed by atoms with E-state index in [0.29, 0.717) is 12.1 Å². The fraction of sp³-hybridized carbons (Fsp3) is 0.480. The van der Waals surface area contributed by atoms with Crippen LogP contribution in [-0.4, -0.2) is 27.5 Å². The van der Waals surface area contributed by atoms with Gasteiger partial charge in [0.05, 0.1) is 0 Å². The zero-order chi connectivity index (χ0) is 22.6. The number of carbonyl (C=O) groups excluding carboxylic acids is 1. The number of rotatable bonds is 5. The van der Waals surface area contributed by atoms with Gasteiger partial charge in [0, 0.05) is 28.5 Å².